The van der Waals surface area contributed by atoms with E-state index in [4.69, 9.17) is 0 Å². The highest BCUT2D eigenvalue weighted by atomic mass is 15.1. The van der Waals surface area contributed by atoms with Crippen LogP contribution in [0.2, 0.25) is 0 Å². The summed E-state index contributed by atoms with van der Waals surface area (Å²) in [5, 5.41) is 7.78. The highest BCUT2D eigenvalue weighted by molar-refractivity contribution is 6.24. The summed E-state index contributed by atoms with van der Waals surface area (Å²) in [5.74, 6) is 0. The Morgan fingerprint density at radius 2 is 1.00 bits per heavy atom. The van der Waals surface area contributed by atoms with Crippen molar-refractivity contribution in [1.82, 2.24) is 0 Å². The van der Waals surface area contributed by atoms with Gasteiger partial charge in [-0.1, -0.05) is 164 Å². The Hall–Kier alpha value is -6.70. The number of benzene rings is 9. The Morgan fingerprint density at radius 3 is 1.74 bits per heavy atom. The van der Waals surface area contributed by atoms with Gasteiger partial charge < -0.3 is 4.90 Å². The molecule has 1 aliphatic rings. The van der Waals surface area contributed by atoms with Crippen LogP contribution in [0.1, 0.15) is 17.5 Å². The molecule has 0 saturated heterocycles. The number of aryl methyl sites for hydroxylation is 1. The van der Waals surface area contributed by atoms with E-state index in [0.29, 0.717) is 0 Å². The van der Waals surface area contributed by atoms with Crippen LogP contribution in [0.25, 0.3) is 71.8 Å². The Morgan fingerprint density at radius 1 is 0.415 bits per heavy atom. The van der Waals surface area contributed by atoms with E-state index in [1.807, 2.05) is 0 Å². The molecule has 0 radical (unpaired) electrons. The zero-order valence-corrected chi connectivity index (χ0v) is 29.4. The third-order valence-corrected chi connectivity index (χ3v) is 10.9. The lowest BCUT2D eigenvalue weighted by atomic mass is 9.78. The second kappa shape index (κ2) is 13.1. The lowest BCUT2D eigenvalue weighted by molar-refractivity contribution is 1.00. The first-order valence-electron chi connectivity index (χ1n) is 18.6. The maximum Gasteiger partial charge on any atom is 0.0540 e. The van der Waals surface area contributed by atoms with Crippen LogP contribution in [-0.4, -0.2) is 0 Å². The number of para-hydroxylation sites is 1. The molecule has 0 fully saturated rings. The second-order valence-corrected chi connectivity index (χ2v) is 13.9. The van der Waals surface area contributed by atoms with Crippen LogP contribution in [0, 0.1) is 0 Å². The molecule has 0 unspecified atom stereocenters. The molecule has 1 aliphatic carbocycles. The van der Waals surface area contributed by atoms with Gasteiger partial charge >= 0.3 is 0 Å². The molecular formula is C52H37N. The quantitative estimate of drug-likeness (QED) is 0.159. The Balaban J connectivity index is 1.28. The van der Waals surface area contributed by atoms with E-state index in [2.05, 4.69) is 205 Å². The molecule has 250 valence electrons. The lowest BCUT2D eigenvalue weighted by Crippen LogP contribution is -2.10. The van der Waals surface area contributed by atoms with Crippen LogP contribution < -0.4 is 4.90 Å². The molecule has 0 saturated carbocycles. The Bertz CT molecular complexity index is 2790. The van der Waals surface area contributed by atoms with E-state index in [1.165, 1.54) is 76.8 Å². The standard InChI is InChI=1S/C52H37N/c1-4-17-37(18-5-1)47-35-48(38-19-6-2-7-20-38)51-45-28-14-12-26-43(45)44-27-13-15-29-46(44)52(51)50(47)39-31-33-41(34-32-39)53(40-23-8-3-9-24-40)49-30-16-22-36-21-10-11-25-42(36)49/h1-12,14-26,28-35H,13,27H2. The summed E-state index contributed by atoms with van der Waals surface area (Å²) in [4.78, 5) is 2.39. The third kappa shape index (κ3) is 5.32. The van der Waals surface area contributed by atoms with Crippen LogP contribution in [0.5, 0.6) is 0 Å². The molecule has 0 bridgehead atoms. The van der Waals surface area contributed by atoms with Crippen LogP contribution >= 0.6 is 0 Å². The summed E-state index contributed by atoms with van der Waals surface area (Å²) in [6.07, 6.45) is 6.85. The summed E-state index contributed by atoms with van der Waals surface area (Å²) < 4.78 is 0. The molecule has 0 N–H and O–H groups in total. The van der Waals surface area contributed by atoms with E-state index in [9.17, 15) is 0 Å². The van der Waals surface area contributed by atoms with Crippen molar-refractivity contribution in [2.75, 3.05) is 4.90 Å². The maximum atomic E-state index is 2.45. The van der Waals surface area contributed by atoms with Gasteiger partial charge in [0, 0.05) is 16.8 Å². The number of anilines is 3. The van der Waals surface area contributed by atoms with Crippen molar-refractivity contribution in [1.29, 1.82) is 0 Å². The highest BCUT2D eigenvalue weighted by Crippen LogP contribution is 2.50. The SMILES string of the molecule is C1=Cc2c(c3ccccc3c3c(-c4ccccc4)cc(-c4ccccc4)c(-c4ccc(N(c5ccccc5)c5cccc6ccccc56)cc4)c23)CC1. The molecule has 0 heterocycles. The summed E-state index contributed by atoms with van der Waals surface area (Å²) >= 11 is 0. The number of rotatable bonds is 6. The van der Waals surface area contributed by atoms with Crippen molar-refractivity contribution in [3.05, 3.63) is 205 Å². The van der Waals surface area contributed by atoms with Crippen LogP contribution in [0.15, 0.2) is 194 Å². The smallest absolute Gasteiger partial charge is 0.0540 e. The fourth-order valence-corrected chi connectivity index (χ4v) is 8.55. The summed E-state index contributed by atoms with van der Waals surface area (Å²) in [7, 11) is 0. The van der Waals surface area contributed by atoms with Gasteiger partial charge in [-0.15, -0.1) is 0 Å². The predicted octanol–water partition coefficient (Wildman–Crippen LogP) is 14.6. The monoisotopic (exact) mass is 675 g/mol. The van der Waals surface area contributed by atoms with Crippen molar-refractivity contribution in [3.8, 4) is 33.4 Å². The number of nitrogens with zero attached hydrogens (tertiary/aromatic N) is 1. The van der Waals surface area contributed by atoms with Crippen molar-refractivity contribution in [2.45, 2.75) is 12.8 Å². The largest absolute Gasteiger partial charge is 0.310 e. The van der Waals surface area contributed by atoms with Gasteiger partial charge in [-0.25, -0.2) is 0 Å². The molecule has 9 aromatic carbocycles. The van der Waals surface area contributed by atoms with Gasteiger partial charge in [-0.2, -0.15) is 0 Å². The van der Waals surface area contributed by atoms with E-state index in [-0.39, 0.29) is 0 Å². The third-order valence-electron chi connectivity index (χ3n) is 10.9. The van der Waals surface area contributed by atoms with Crippen molar-refractivity contribution < 1.29 is 0 Å². The molecule has 0 amide bonds. The molecule has 1 nitrogen and oxygen atoms in total. The van der Waals surface area contributed by atoms with Gasteiger partial charge in [0.05, 0.1) is 5.69 Å². The minimum atomic E-state index is 1.04. The van der Waals surface area contributed by atoms with Crippen molar-refractivity contribution in [3.63, 3.8) is 0 Å². The van der Waals surface area contributed by atoms with E-state index in [0.717, 1.165) is 29.9 Å². The minimum Gasteiger partial charge on any atom is -0.310 e. The molecule has 1 heteroatoms. The topological polar surface area (TPSA) is 3.24 Å². The summed E-state index contributed by atoms with van der Waals surface area (Å²) in [5.41, 5.74) is 13.7. The molecular weight excluding hydrogens is 639 g/mol. The average Bonchev–Trinajstić information content (AvgIpc) is 3.24. The zero-order chi connectivity index (χ0) is 35.1. The van der Waals surface area contributed by atoms with E-state index >= 15 is 0 Å². The molecule has 0 aromatic heterocycles. The van der Waals surface area contributed by atoms with Crippen LogP contribution in [0.4, 0.5) is 17.1 Å². The number of allylic oxidation sites excluding steroid dienone is 1. The van der Waals surface area contributed by atoms with Gasteiger partial charge in [0.2, 0.25) is 0 Å². The van der Waals surface area contributed by atoms with Crippen molar-refractivity contribution >= 4 is 55.5 Å². The molecule has 10 rings (SSSR count). The van der Waals surface area contributed by atoms with Gasteiger partial charge in [-0.3, -0.25) is 0 Å². The fourth-order valence-electron chi connectivity index (χ4n) is 8.55. The molecule has 0 aliphatic heterocycles. The highest BCUT2D eigenvalue weighted by Gasteiger charge is 2.24. The fraction of sp³-hybridized carbons (Fsp3) is 0.0385. The van der Waals surface area contributed by atoms with E-state index in [1.54, 1.807) is 0 Å². The van der Waals surface area contributed by atoms with Gasteiger partial charge in [0.25, 0.3) is 0 Å². The number of fused-ring (bicyclic) bond motifs is 7. The van der Waals surface area contributed by atoms with E-state index < -0.39 is 0 Å². The average molecular weight is 676 g/mol. The van der Waals surface area contributed by atoms with Crippen LogP contribution in [-0.2, 0) is 6.42 Å². The first-order valence-corrected chi connectivity index (χ1v) is 18.6. The number of hydrogen-bond acceptors (Lipinski definition) is 1. The molecule has 9 aromatic rings. The van der Waals surface area contributed by atoms with Gasteiger partial charge in [0.1, 0.15) is 0 Å². The second-order valence-electron chi connectivity index (χ2n) is 13.9. The Labute approximate surface area is 310 Å². The molecule has 0 spiro atoms. The number of hydrogen-bond donors (Lipinski definition) is 0. The minimum absolute atomic E-state index is 1.04. The van der Waals surface area contributed by atoms with Gasteiger partial charge in [-0.05, 0) is 121 Å². The lowest BCUT2D eigenvalue weighted by Gasteiger charge is -2.28. The van der Waals surface area contributed by atoms with Gasteiger partial charge in [0.15, 0.2) is 0 Å². The first kappa shape index (κ1) is 31.1. The normalized spacial score (nSPS) is 12.3. The first-order chi connectivity index (χ1) is 26.3. The summed E-state index contributed by atoms with van der Waals surface area (Å²) in [6.45, 7) is 0. The summed E-state index contributed by atoms with van der Waals surface area (Å²) in [6, 6.07) is 68.7. The molecule has 0 atom stereocenters. The van der Waals surface area contributed by atoms with Crippen LogP contribution in [0.3, 0.4) is 0 Å². The van der Waals surface area contributed by atoms with Crippen molar-refractivity contribution in [2.24, 2.45) is 0 Å². The Kier molecular flexibility index (Phi) is 7.69. The zero-order valence-electron chi connectivity index (χ0n) is 29.4. The predicted molar refractivity (Wildman–Crippen MR) is 227 cm³/mol. The molecule has 53 heavy (non-hydrogen) atoms. The maximum absolute atomic E-state index is 2.45.